The van der Waals surface area contributed by atoms with Crippen molar-refractivity contribution in [1.29, 1.82) is 0 Å². The summed E-state index contributed by atoms with van der Waals surface area (Å²) in [6, 6.07) is 0. The topological polar surface area (TPSA) is 591 Å². The maximum Gasteiger partial charge on any atom is 0.314 e. The predicted octanol–water partition coefficient (Wildman–Crippen LogP) is -10.2. The third-order valence-corrected chi connectivity index (χ3v) is 23.6. The normalized spacial score (nSPS) is 54.5. The minimum Gasteiger partial charge on any atom is -0.432 e. The van der Waals surface area contributed by atoms with Gasteiger partial charge in [0.1, 0.15) is 159 Å². The lowest BCUT2D eigenvalue weighted by Gasteiger charge is -2.64. The van der Waals surface area contributed by atoms with Crippen LogP contribution in [0.1, 0.15) is 85.0 Å². The van der Waals surface area contributed by atoms with Crippen LogP contribution < -0.4 is 0 Å². The van der Waals surface area contributed by atoms with Gasteiger partial charge in [0.2, 0.25) is 6.29 Å². The molecule has 0 amide bonds. The summed E-state index contributed by atoms with van der Waals surface area (Å²) in [6.07, 6.45) is -61.9. The van der Waals surface area contributed by atoms with Gasteiger partial charge >= 0.3 is 5.97 Å². The number of aliphatic hydroxyl groups excluding tert-OH is 22. The smallest absolute Gasteiger partial charge is 0.314 e. The molecule has 0 aromatic rings. The number of ether oxygens (including phenoxy) is 14. The number of fused-ring (bicyclic) bond motifs is 3. The van der Waals surface area contributed by atoms with E-state index in [-0.39, 0.29) is 31.6 Å². The summed E-state index contributed by atoms with van der Waals surface area (Å²) in [5.74, 6) is -1.54. The molecule has 11 rings (SSSR count). The number of aliphatic hydroxyl groups is 22. The van der Waals surface area contributed by atoms with Gasteiger partial charge in [0.05, 0.1) is 56.8 Å². The molecule has 11 fully saturated rings. The highest BCUT2D eigenvalue weighted by Crippen LogP contribution is 2.74. The molecule has 7 heterocycles. The van der Waals surface area contributed by atoms with Gasteiger partial charge in [-0.3, -0.25) is 4.79 Å². The van der Waals surface area contributed by atoms with Crippen LogP contribution in [0.5, 0.6) is 0 Å². The molecule has 7 aliphatic heterocycles. The van der Waals surface area contributed by atoms with E-state index in [1.165, 1.54) is 0 Å². The van der Waals surface area contributed by atoms with Crippen molar-refractivity contribution in [3.8, 4) is 0 Å². The quantitative estimate of drug-likeness (QED) is 0.0288. The maximum atomic E-state index is 15.5. The Labute approximate surface area is 573 Å². The Balaban J connectivity index is 0.873. The standard InChI is InChI=1S/C63H102O37/c1-5-22-31(70)38(77)42(81)52(87-22)96-49-37(76)28(19-69)93-58(51(49)98-56-46(85)47(35(74)26(17-67)91-56)94-53-43(82)39(78)32(71)23(14-64)88-53)100-63-12-8-30-60(3)9-6-10-61(4,29(60)7-11-62(30,20-63)13-21(63)2)59(86)99-57-50(97-55-45(84)41(80)34(73)25(16-66)90-55)48(36(75)27(18-68)92-57)95-54-44(83)40(79)33(72)24(15-65)89-54/h22-58,64-85H,2,5-20H2,1,3-4H3/t22?,23?,24?,25?,26?,27?,28?,29-,30-,31?,32?,33?,34?,35?,36?,37?,38?,39?,40?,41?,42?,43?,44?,45?,46?,47?,48?,49?,50?,51?,52?,53?,54?,55?,56?,57?,58?,60+,61+,62+,63-/m0/s1. The average Bonchev–Trinajstić information content (AvgIpc) is 1.44. The molecule has 576 valence electrons. The van der Waals surface area contributed by atoms with E-state index in [2.05, 4.69) is 13.5 Å². The minimum absolute atomic E-state index is 0.0844. The van der Waals surface area contributed by atoms with Crippen LogP contribution in [-0.2, 0) is 71.1 Å². The molecule has 37 heteroatoms. The van der Waals surface area contributed by atoms with E-state index >= 15 is 4.79 Å². The lowest BCUT2D eigenvalue weighted by Crippen LogP contribution is -2.68. The monoisotopic (exact) mass is 1450 g/mol. The van der Waals surface area contributed by atoms with E-state index in [9.17, 15) is 112 Å². The van der Waals surface area contributed by atoms with E-state index in [1.807, 2.05) is 0 Å². The van der Waals surface area contributed by atoms with Gasteiger partial charge in [-0.25, -0.2) is 0 Å². The van der Waals surface area contributed by atoms with Crippen LogP contribution in [0.2, 0.25) is 0 Å². The first-order chi connectivity index (χ1) is 47.3. The van der Waals surface area contributed by atoms with Crippen molar-refractivity contribution in [1.82, 2.24) is 0 Å². The van der Waals surface area contributed by atoms with Gasteiger partial charge in [-0.15, -0.1) is 0 Å². The Hall–Kier alpha value is -2.19. The van der Waals surface area contributed by atoms with Crippen molar-refractivity contribution in [3.05, 3.63) is 12.2 Å². The van der Waals surface area contributed by atoms with Crippen molar-refractivity contribution >= 4 is 5.97 Å². The third kappa shape index (κ3) is 14.0. The zero-order valence-corrected chi connectivity index (χ0v) is 55.3. The first kappa shape index (κ1) is 78.9. The maximum absolute atomic E-state index is 15.5. The molecule has 7 saturated heterocycles. The van der Waals surface area contributed by atoms with E-state index in [0.717, 1.165) is 0 Å². The van der Waals surface area contributed by atoms with Crippen LogP contribution in [0.3, 0.4) is 0 Å². The fourth-order valence-electron chi connectivity index (χ4n) is 18.1. The Morgan fingerprint density at radius 3 is 1.19 bits per heavy atom. The molecule has 2 bridgehead atoms. The first-order valence-electron chi connectivity index (χ1n) is 34.3. The minimum atomic E-state index is -2.17. The molecular weight excluding hydrogens is 1350 g/mol. The van der Waals surface area contributed by atoms with Crippen LogP contribution in [0.4, 0.5) is 0 Å². The summed E-state index contributed by atoms with van der Waals surface area (Å²) >= 11 is 0. The van der Waals surface area contributed by atoms with Crippen LogP contribution in [0, 0.1) is 28.1 Å². The van der Waals surface area contributed by atoms with Crippen LogP contribution in [0.15, 0.2) is 12.2 Å². The van der Waals surface area contributed by atoms with E-state index in [1.54, 1.807) is 13.8 Å². The van der Waals surface area contributed by atoms with Crippen LogP contribution in [-0.4, -0.2) is 378 Å². The Bertz CT molecular complexity index is 2720. The lowest BCUT2D eigenvalue weighted by atomic mass is 9.41. The van der Waals surface area contributed by atoms with Gasteiger partial charge in [-0.1, -0.05) is 26.8 Å². The molecule has 11 aliphatic rings. The largest absolute Gasteiger partial charge is 0.432 e. The van der Waals surface area contributed by atoms with Gasteiger partial charge < -0.3 is 179 Å². The Morgan fingerprint density at radius 2 is 0.750 bits per heavy atom. The fraction of sp³-hybridized carbons (Fsp3) is 0.952. The van der Waals surface area contributed by atoms with Gasteiger partial charge in [-0.05, 0) is 93.0 Å². The molecular formula is C63H102O37. The fourth-order valence-corrected chi connectivity index (χ4v) is 18.1. The summed E-state index contributed by atoms with van der Waals surface area (Å²) < 4.78 is 85.6. The SMILES string of the molecule is C=C1C[C@@]23CC[C@H]4[C@@](C)(CCC[C@@]4(C)C(=O)OC4OC(CO)C(O)C(OC5OC(CO)C(O)C(O)C5O)C4OC4OC(CO)C(O)C(O)C4O)[C@@H]2CC[C@]1(OC1OC(CO)C(O)C(OC2OC(CC)C(O)C(O)C2O)C1OC1OC(CO)C(O)C(OC2OC(CO)C(O)C(O)C2O)C1O)C3. The highest BCUT2D eigenvalue weighted by molar-refractivity contribution is 5.77. The molecule has 4 saturated carbocycles. The Kier molecular flexibility index (Phi) is 24.6. The van der Waals surface area contributed by atoms with E-state index in [0.29, 0.717) is 44.1 Å². The lowest BCUT2D eigenvalue weighted by molar-refractivity contribution is -0.406. The molecule has 37 nitrogen and oxygen atoms in total. The van der Waals surface area contributed by atoms with E-state index in [4.69, 9.17) is 66.3 Å². The highest BCUT2D eigenvalue weighted by atomic mass is 16.8. The van der Waals surface area contributed by atoms with Crippen molar-refractivity contribution < 1.29 is 183 Å². The molecule has 41 atom stereocenters. The number of rotatable bonds is 21. The number of hydrogen-bond acceptors (Lipinski definition) is 37. The summed E-state index contributed by atoms with van der Waals surface area (Å²) in [5, 5.41) is 240. The highest BCUT2D eigenvalue weighted by Gasteiger charge is 2.70. The molecule has 4 aliphatic carbocycles. The molecule has 0 aromatic carbocycles. The van der Waals surface area contributed by atoms with Crippen molar-refractivity contribution in [2.75, 3.05) is 39.6 Å². The summed E-state index contributed by atoms with van der Waals surface area (Å²) in [7, 11) is 0. The van der Waals surface area contributed by atoms with Crippen molar-refractivity contribution in [3.63, 3.8) is 0 Å². The summed E-state index contributed by atoms with van der Waals surface area (Å²) in [6.45, 7) is 4.45. The second-order valence-corrected chi connectivity index (χ2v) is 29.5. The number of carbonyl (C=O) groups excluding carboxylic acids is 1. The number of hydrogen-bond donors (Lipinski definition) is 22. The van der Waals surface area contributed by atoms with E-state index < -0.39 is 288 Å². The molecule has 0 radical (unpaired) electrons. The van der Waals surface area contributed by atoms with Crippen LogP contribution in [0.25, 0.3) is 0 Å². The first-order valence-corrected chi connectivity index (χ1v) is 34.3. The van der Waals surface area contributed by atoms with Gasteiger partial charge in [-0.2, -0.15) is 0 Å². The molecule has 1 spiro atoms. The predicted molar refractivity (Wildman–Crippen MR) is 320 cm³/mol. The average molecular weight is 1450 g/mol. The summed E-state index contributed by atoms with van der Waals surface area (Å²) in [4.78, 5) is 15.5. The van der Waals surface area contributed by atoms with Crippen LogP contribution >= 0.6 is 0 Å². The van der Waals surface area contributed by atoms with Crippen molar-refractivity contribution in [2.45, 2.75) is 306 Å². The zero-order valence-electron chi connectivity index (χ0n) is 55.3. The molecule has 0 aromatic heterocycles. The second-order valence-electron chi connectivity index (χ2n) is 29.5. The van der Waals surface area contributed by atoms with Gasteiger partial charge in [0.15, 0.2) is 43.8 Å². The van der Waals surface area contributed by atoms with Gasteiger partial charge in [0.25, 0.3) is 0 Å². The Morgan fingerprint density at radius 1 is 0.400 bits per heavy atom. The summed E-state index contributed by atoms with van der Waals surface area (Å²) in [5.41, 5.74) is -3.48. The molecule has 22 N–H and O–H groups in total. The number of carbonyl (C=O) groups is 1. The molecule has 100 heavy (non-hydrogen) atoms. The molecule has 35 unspecified atom stereocenters. The van der Waals surface area contributed by atoms with Crippen molar-refractivity contribution in [2.24, 2.45) is 28.1 Å². The van der Waals surface area contributed by atoms with Gasteiger partial charge in [0, 0.05) is 0 Å². The number of esters is 1. The second kappa shape index (κ2) is 31.2. The third-order valence-electron chi connectivity index (χ3n) is 23.6. The zero-order chi connectivity index (χ0) is 72.7.